The number of hydrogen-bond acceptors (Lipinski definition) is 3. The van der Waals surface area contributed by atoms with Gasteiger partial charge in [0, 0.05) is 5.54 Å². The van der Waals surface area contributed by atoms with Crippen LogP contribution in [0.15, 0.2) is 24.3 Å². The van der Waals surface area contributed by atoms with Gasteiger partial charge in [-0.3, -0.25) is 0 Å². The summed E-state index contributed by atoms with van der Waals surface area (Å²) >= 11 is 0. The second-order valence-corrected chi connectivity index (χ2v) is 4.99. The van der Waals surface area contributed by atoms with E-state index < -0.39 is 0 Å². The molecule has 0 heterocycles. The van der Waals surface area contributed by atoms with Crippen molar-refractivity contribution in [2.75, 3.05) is 13.2 Å². The first-order chi connectivity index (χ1) is 8.03. The number of nitrogens with one attached hydrogen (secondary N) is 1. The van der Waals surface area contributed by atoms with Crippen LogP contribution in [0, 0.1) is 11.3 Å². The molecule has 0 radical (unpaired) electrons. The smallest absolute Gasteiger partial charge is 0.137 e. The molecule has 92 valence electrons. The highest BCUT2D eigenvalue weighted by atomic mass is 16.5. The zero-order valence-electron chi connectivity index (χ0n) is 10.8. The highest BCUT2D eigenvalue weighted by Crippen LogP contribution is 2.16. The Balaban J connectivity index is 2.30. The van der Waals surface area contributed by atoms with Gasteiger partial charge in [0.25, 0.3) is 0 Å². The van der Waals surface area contributed by atoms with Crippen molar-refractivity contribution in [1.29, 1.82) is 5.26 Å². The molecule has 0 spiro atoms. The van der Waals surface area contributed by atoms with Crippen LogP contribution in [-0.4, -0.2) is 18.7 Å². The van der Waals surface area contributed by atoms with Crippen molar-refractivity contribution in [3.05, 3.63) is 29.8 Å². The van der Waals surface area contributed by atoms with Gasteiger partial charge < -0.3 is 10.1 Å². The van der Waals surface area contributed by atoms with E-state index in [0.717, 1.165) is 13.0 Å². The number of benzene rings is 1. The third-order valence-electron chi connectivity index (χ3n) is 2.24. The summed E-state index contributed by atoms with van der Waals surface area (Å²) in [6.45, 7) is 7.95. The second-order valence-electron chi connectivity index (χ2n) is 4.99. The normalized spacial score (nSPS) is 10.9. The van der Waals surface area contributed by atoms with Crippen molar-refractivity contribution in [2.24, 2.45) is 0 Å². The van der Waals surface area contributed by atoms with Gasteiger partial charge in [0.1, 0.15) is 11.8 Å². The van der Waals surface area contributed by atoms with E-state index in [2.05, 4.69) is 32.2 Å². The molecule has 0 saturated carbocycles. The number of para-hydroxylation sites is 1. The maximum absolute atomic E-state index is 8.89. The molecule has 1 aromatic carbocycles. The van der Waals surface area contributed by atoms with Crippen molar-refractivity contribution in [3.8, 4) is 11.8 Å². The van der Waals surface area contributed by atoms with Crippen LogP contribution in [-0.2, 0) is 0 Å². The van der Waals surface area contributed by atoms with Crippen LogP contribution >= 0.6 is 0 Å². The first-order valence-electron chi connectivity index (χ1n) is 5.90. The van der Waals surface area contributed by atoms with Crippen molar-refractivity contribution in [2.45, 2.75) is 32.7 Å². The zero-order valence-corrected chi connectivity index (χ0v) is 10.8. The van der Waals surface area contributed by atoms with E-state index in [4.69, 9.17) is 10.00 Å². The summed E-state index contributed by atoms with van der Waals surface area (Å²) in [4.78, 5) is 0. The molecule has 1 N–H and O–H groups in total. The van der Waals surface area contributed by atoms with Crippen LogP contribution in [0.25, 0.3) is 0 Å². The molecule has 0 amide bonds. The molecule has 0 aliphatic heterocycles. The van der Waals surface area contributed by atoms with E-state index in [0.29, 0.717) is 17.9 Å². The molecule has 0 saturated heterocycles. The average molecular weight is 232 g/mol. The summed E-state index contributed by atoms with van der Waals surface area (Å²) in [7, 11) is 0. The van der Waals surface area contributed by atoms with Gasteiger partial charge in [-0.05, 0) is 45.9 Å². The van der Waals surface area contributed by atoms with E-state index >= 15 is 0 Å². The molecule has 0 unspecified atom stereocenters. The van der Waals surface area contributed by atoms with Crippen LogP contribution in [0.5, 0.6) is 5.75 Å². The lowest BCUT2D eigenvalue weighted by Crippen LogP contribution is -2.36. The number of hydrogen-bond donors (Lipinski definition) is 1. The van der Waals surface area contributed by atoms with Gasteiger partial charge in [-0.1, -0.05) is 12.1 Å². The van der Waals surface area contributed by atoms with E-state index in [1.165, 1.54) is 0 Å². The molecule has 0 bridgehead atoms. The van der Waals surface area contributed by atoms with Crippen LogP contribution in [0.1, 0.15) is 32.8 Å². The summed E-state index contributed by atoms with van der Waals surface area (Å²) in [5, 5.41) is 12.3. The van der Waals surface area contributed by atoms with Crippen molar-refractivity contribution < 1.29 is 4.74 Å². The van der Waals surface area contributed by atoms with E-state index in [1.54, 1.807) is 6.07 Å². The molecule has 1 aromatic rings. The third-order valence-corrected chi connectivity index (χ3v) is 2.24. The summed E-state index contributed by atoms with van der Waals surface area (Å²) in [5.74, 6) is 0.672. The van der Waals surface area contributed by atoms with Crippen LogP contribution < -0.4 is 10.1 Å². The van der Waals surface area contributed by atoms with E-state index in [-0.39, 0.29) is 5.54 Å². The largest absolute Gasteiger partial charge is 0.492 e. The number of nitriles is 1. The van der Waals surface area contributed by atoms with Gasteiger partial charge in [0.2, 0.25) is 0 Å². The fourth-order valence-electron chi connectivity index (χ4n) is 1.40. The highest BCUT2D eigenvalue weighted by molar-refractivity contribution is 5.42. The van der Waals surface area contributed by atoms with Crippen LogP contribution in [0.3, 0.4) is 0 Å². The number of nitrogens with zero attached hydrogens (tertiary/aromatic N) is 1. The highest BCUT2D eigenvalue weighted by Gasteiger charge is 2.07. The first-order valence-corrected chi connectivity index (χ1v) is 5.90. The summed E-state index contributed by atoms with van der Waals surface area (Å²) in [6.07, 6.45) is 0.928. The molecule has 3 nitrogen and oxygen atoms in total. The maximum atomic E-state index is 8.89. The Labute approximate surface area is 103 Å². The standard InChI is InChI=1S/C14H20N2O/c1-14(2,3)16-9-6-10-17-13-8-5-4-7-12(13)11-15/h4-5,7-8,16H,6,9-10H2,1-3H3. The predicted octanol–water partition coefficient (Wildman–Crippen LogP) is 2.72. The van der Waals surface area contributed by atoms with Gasteiger partial charge in [-0.15, -0.1) is 0 Å². The first kappa shape index (κ1) is 13.5. The van der Waals surface area contributed by atoms with Gasteiger partial charge in [0.15, 0.2) is 0 Å². The lowest BCUT2D eigenvalue weighted by Gasteiger charge is -2.20. The van der Waals surface area contributed by atoms with Crippen LogP contribution in [0.4, 0.5) is 0 Å². The quantitative estimate of drug-likeness (QED) is 0.794. The summed E-state index contributed by atoms with van der Waals surface area (Å²) < 4.78 is 5.58. The lowest BCUT2D eigenvalue weighted by atomic mass is 10.1. The van der Waals surface area contributed by atoms with Crippen molar-refractivity contribution in [3.63, 3.8) is 0 Å². The Kier molecular flexibility index (Phi) is 4.99. The van der Waals surface area contributed by atoms with Gasteiger partial charge in [-0.25, -0.2) is 0 Å². The topological polar surface area (TPSA) is 45.0 Å². The minimum atomic E-state index is 0.143. The van der Waals surface area contributed by atoms with E-state index in [1.807, 2.05) is 18.2 Å². The average Bonchev–Trinajstić information content (AvgIpc) is 2.27. The molecule has 0 atom stereocenters. The summed E-state index contributed by atoms with van der Waals surface area (Å²) in [6, 6.07) is 9.43. The molecular formula is C14H20N2O. The lowest BCUT2D eigenvalue weighted by molar-refractivity contribution is 0.297. The monoisotopic (exact) mass is 232 g/mol. The van der Waals surface area contributed by atoms with Gasteiger partial charge in [0.05, 0.1) is 12.2 Å². The molecule has 0 aliphatic rings. The summed E-state index contributed by atoms with van der Waals surface area (Å²) in [5.41, 5.74) is 0.737. The second kappa shape index (κ2) is 6.27. The third kappa shape index (κ3) is 5.37. The molecule has 0 aromatic heterocycles. The molecular weight excluding hydrogens is 212 g/mol. The van der Waals surface area contributed by atoms with Crippen LogP contribution in [0.2, 0.25) is 0 Å². The fraction of sp³-hybridized carbons (Fsp3) is 0.500. The minimum absolute atomic E-state index is 0.143. The van der Waals surface area contributed by atoms with Crippen molar-refractivity contribution in [1.82, 2.24) is 5.32 Å². The Morgan fingerprint density at radius 3 is 2.65 bits per heavy atom. The fourth-order valence-corrected chi connectivity index (χ4v) is 1.40. The van der Waals surface area contributed by atoms with Gasteiger partial charge in [-0.2, -0.15) is 5.26 Å². The molecule has 0 fully saturated rings. The van der Waals surface area contributed by atoms with Crippen molar-refractivity contribution >= 4 is 0 Å². The SMILES string of the molecule is CC(C)(C)NCCCOc1ccccc1C#N. The number of rotatable bonds is 5. The Morgan fingerprint density at radius 1 is 1.29 bits per heavy atom. The maximum Gasteiger partial charge on any atom is 0.137 e. The minimum Gasteiger partial charge on any atom is -0.492 e. The predicted molar refractivity (Wildman–Crippen MR) is 69.0 cm³/mol. The molecule has 3 heteroatoms. The number of ether oxygens (including phenoxy) is 1. The Hall–Kier alpha value is -1.53. The molecule has 17 heavy (non-hydrogen) atoms. The Morgan fingerprint density at radius 2 is 2.00 bits per heavy atom. The molecule has 0 aliphatic carbocycles. The Bertz CT molecular complexity index is 388. The molecule has 1 rings (SSSR count). The van der Waals surface area contributed by atoms with Gasteiger partial charge >= 0.3 is 0 Å². The zero-order chi connectivity index (χ0) is 12.7. The van der Waals surface area contributed by atoms with E-state index in [9.17, 15) is 0 Å².